The zero-order valence-corrected chi connectivity index (χ0v) is 10.2. The molecule has 0 saturated heterocycles. The van der Waals surface area contributed by atoms with Gasteiger partial charge in [0.05, 0.1) is 0 Å². The Morgan fingerprint density at radius 2 is 2.12 bits per heavy atom. The van der Waals surface area contributed by atoms with Crippen molar-refractivity contribution < 1.29 is 24.5 Å². The average Bonchev–Trinajstić information content (AvgIpc) is 2.28. The van der Waals surface area contributed by atoms with Crippen molar-refractivity contribution in [1.82, 2.24) is 10.2 Å². The number of methoxy groups -OCH3 is 1. The molecule has 0 heterocycles. The first-order chi connectivity index (χ1) is 8.02. The molecule has 0 fully saturated rings. The van der Waals surface area contributed by atoms with Crippen molar-refractivity contribution in [2.45, 2.75) is 18.9 Å². The van der Waals surface area contributed by atoms with E-state index in [0.29, 0.717) is 19.6 Å². The fourth-order valence-corrected chi connectivity index (χ4v) is 1.19. The molecule has 0 aliphatic rings. The molecular formula is C10H20N2O5. The normalized spacial score (nSPS) is 11.9. The quantitative estimate of drug-likeness (QED) is 0.503. The highest BCUT2D eigenvalue weighted by atomic mass is 16.5. The second-order valence-electron chi connectivity index (χ2n) is 3.62. The van der Waals surface area contributed by atoms with Gasteiger partial charge in [-0.3, -0.25) is 0 Å². The number of hydrogen-bond donors (Lipinski definition) is 3. The van der Waals surface area contributed by atoms with E-state index in [0.717, 1.165) is 0 Å². The van der Waals surface area contributed by atoms with E-state index in [1.54, 1.807) is 14.2 Å². The van der Waals surface area contributed by atoms with E-state index in [1.165, 1.54) is 4.90 Å². The van der Waals surface area contributed by atoms with Crippen molar-refractivity contribution in [3.8, 4) is 0 Å². The first-order valence-corrected chi connectivity index (χ1v) is 5.37. The summed E-state index contributed by atoms with van der Waals surface area (Å²) < 4.78 is 4.84. The summed E-state index contributed by atoms with van der Waals surface area (Å²) in [5.41, 5.74) is 0. The van der Waals surface area contributed by atoms with Crippen molar-refractivity contribution in [1.29, 1.82) is 0 Å². The Balaban J connectivity index is 4.06. The van der Waals surface area contributed by atoms with Crippen LogP contribution in [0.1, 0.15) is 12.8 Å². The molecule has 100 valence electrons. The summed E-state index contributed by atoms with van der Waals surface area (Å²) in [6, 6.07) is -1.53. The van der Waals surface area contributed by atoms with Crippen LogP contribution >= 0.6 is 0 Å². The number of ether oxygens (including phenoxy) is 1. The highest BCUT2D eigenvalue weighted by Crippen LogP contribution is 1.95. The van der Waals surface area contributed by atoms with Crippen LogP contribution in [0.15, 0.2) is 0 Å². The van der Waals surface area contributed by atoms with Crippen molar-refractivity contribution >= 4 is 12.0 Å². The molecule has 0 unspecified atom stereocenters. The molecule has 0 spiro atoms. The molecule has 1 atom stereocenters. The number of nitrogens with zero attached hydrogens (tertiary/aromatic N) is 1. The zero-order chi connectivity index (χ0) is 13.3. The Hall–Kier alpha value is -1.34. The van der Waals surface area contributed by atoms with Crippen LogP contribution in [0.25, 0.3) is 0 Å². The first-order valence-electron chi connectivity index (χ1n) is 5.37. The van der Waals surface area contributed by atoms with Crippen molar-refractivity contribution in [2.24, 2.45) is 0 Å². The lowest BCUT2D eigenvalue weighted by Crippen LogP contribution is -2.47. The minimum absolute atomic E-state index is 0.00696. The van der Waals surface area contributed by atoms with Gasteiger partial charge in [-0.05, 0) is 6.42 Å². The molecule has 0 aromatic heterocycles. The number of rotatable bonds is 8. The number of carboxylic acid groups (broad SMARTS) is 1. The van der Waals surface area contributed by atoms with Crippen LogP contribution in [0.2, 0.25) is 0 Å². The first kappa shape index (κ1) is 15.7. The molecule has 17 heavy (non-hydrogen) atoms. The monoisotopic (exact) mass is 248 g/mol. The van der Waals surface area contributed by atoms with E-state index in [1.807, 2.05) is 0 Å². The van der Waals surface area contributed by atoms with Crippen molar-refractivity contribution in [2.75, 3.05) is 33.9 Å². The topological polar surface area (TPSA) is 99.1 Å². The summed E-state index contributed by atoms with van der Waals surface area (Å²) in [6.07, 6.45) is 0.672. The second kappa shape index (κ2) is 8.77. The minimum atomic E-state index is -1.15. The number of aliphatic hydroxyl groups is 1. The summed E-state index contributed by atoms with van der Waals surface area (Å²) in [5, 5.41) is 19.8. The summed E-state index contributed by atoms with van der Waals surface area (Å²) in [6.45, 7) is 0.729. The van der Waals surface area contributed by atoms with Gasteiger partial charge in [-0.2, -0.15) is 0 Å². The Bertz CT molecular complexity index is 247. The third kappa shape index (κ3) is 6.75. The lowest BCUT2D eigenvalue weighted by Gasteiger charge is -2.20. The Morgan fingerprint density at radius 1 is 1.47 bits per heavy atom. The second-order valence-corrected chi connectivity index (χ2v) is 3.62. The number of carboxylic acids is 1. The summed E-state index contributed by atoms with van der Waals surface area (Å²) >= 11 is 0. The molecule has 2 amide bonds. The number of amides is 2. The highest BCUT2D eigenvalue weighted by molar-refractivity contribution is 5.82. The van der Waals surface area contributed by atoms with Crippen LogP contribution < -0.4 is 5.32 Å². The molecule has 0 aliphatic carbocycles. The maximum absolute atomic E-state index is 11.6. The van der Waals surface area contributed by atoms with E-state index in [9.17, 15) is 9.59 Å². The molecule has 0 rings (SSSR count). The minimum Gasteiger partial charge on any atom is -0.480 e. The fourth-order valence-electron chi connectivity index (χ4n) is 1.19. The predicted octanol–water partition coefficient (Wildman–Crippen LogP) is -0.500. The number of hydrogen-bond acceptors (Lipinski definition) is 4. The highest BCUT2D eigenvalue weighted by Gasteiger charge is 2.20. The van der Waals surface area contributed by atoms with E-state index >= 15 is 0 Å². The molecule has 0 bridgehead atoms. The summed E-state index contributed by atoms with van der Waals surface area (Å²) in [4.78, 5) is 23.7. The van der Waals surface area contributed by atoms with E-state index in [2.05, 4.69) is 5.32 Å². The van der Waals surface area contributed by atoms with Gasteiger partial charge in [-0.25, -0.2) is 9.59 Å². The number of nitrogens with one attached hydrogen (secondary N) is 1. The fraction of sp³-hybridized carbons (Fsp3) is 0.800. The Morgan fingerprint density at radius 3 is 2.59 bits per heavy atom. The Labute approximate surface area is 100 Å². The van der Waals surface area contributed by atoms with Gasteiger partial charge >= 0.3 is 12.0 Å². The number of aliphatic carboxylic acids is 1. The third-order valence-corrected chi connectivity index (χ3v) is 2.20. The van der Waals surface area contributed by atoms with Gasteiger partial charge < -0.3 is 25.2 Å². The summed E-state index contributed by atoms with van der Waals surface area (Å²) in [5.74, 6) is -1.15. The van der Waals surface area contributed by atoms with Crippen LogP contribution in [0.3, 0.4) is 0 Å². The van der Waals surface area contributed by atoms with Crippen molar-refractivity contribution in [3.63, 3.8) is 0 Å². The van der Waals surface area contributed by atoms with Gasteiger partial charge in [-0.1, -0.05) is 0 Å². The molecular weight excluding hydrogens is 228 g/mol. The maximum atomic E-state index is 11.6. The predicted molar refractivity (Wildman–Crippen MR) is 60.8 cm³/mol. The van der Waals surface area contributed by atoms with Crippen molar-refractivity contribution in [3.05, 3.63) is 0 Å². The molecule has 0 aromatic rings. The van der Waals surface area contributed by atoms with E-state index < -0.39 is 18.0 Å². The molecule has 3 N–H and O–H groups in total. The maximum Gasteiger partial charge on any atom is 0.326 e. The largest absolute Gasteiger partial charge is 0.480 e. The third-order valence-electron chi connectivity index (χ3n) is 2.20. The van der Waals surface area contributed by atoms with Gasteiger partial charge in [0.25, 0.3) is 0 Å². The SMILES string of the molecule is COCCCN(C)C(=O)N[C@@H](CCO)C(=O)O. The van der Waals surface area contributed by atoms with Gasteiger partial charge in [0.15, 0.2) is 0 Å². The van der Waals surface area contributed by atoms with Crippen LogP contribution in [-0.4, -0.2) is 67.1 Å². The van der Waals surface area contributed by atoms with Crippen LogP contribution in [0.4, 0.5) is 4.79 Å². The molecule has 7 nitrogen and oxygen atoms in total. The molecule has 0 saturated carbocycles. The molecule has 0 aliphatic heterocycles. The molecule has 0 radical (unpaired) electrons. The van der Waals surface area contributed by atoms with Crippen LogP contribution in [0, 0.1) is 0 Å². The van der Waals surface area contributed by atoms with Gasteiger partial charge in [-0.15, -0.1) is 0 Å². The number of carbonyl (C=O) groups is 2. The lowest BCUT2D eigenvalue weighted by atomic mass is 10.2. The zero-order valence-electron chi connectivity index (χ0n) is 10.2. The van der Waals surface area contributed by atoms with Gasteiger partial charge in [0.2, 0.25) is 0 Å². The lowest BCUT2D eigenvalue weighted by molar-refractivity contribution is -0.139. The average molecular weight is 248 g/mol. The van der Waals surface area contributed by atoms with E-state index in [4.69, 9.17) is 14.9 Å². The standard InChI is InChI=1S/C10H20N2O5/c1-12(5-3-7-17-2)10(16)11-8(4-6-13)9(14)15/h8,13H,3-7H2,1-2H3,(H,11,16)(H,14,15)/t8-/m0/s1. The smallest absolute Gasteiger partial charge is 0.326 e. The van der Waals surface area contributed by atoms with E-state index in [-0.39, 0.29) is 13.0 Å². The van der Waals surface area contributed by atoms with Gasteiger partial charge in [0.1, 0.15) is 6.04 Å². The van der Waals surface area contributed by atoms with Gasteiger partial charge in [0, 0.05) is 40.3 Å². The summed E-state index contributed by atoms with van der Waals surface area (Å²) in [7, 11) is 3.14. The molecule has 7 heteroatoms. The number of carbonyl (C=O) groups excluding carboxylic acids is 1. The number of aliphatic hydroxyl groups excluding tert-OH is 1. The molecule has 0 aromatic carbocycles. The van der Waals surface area contributed by atoms with Crippen LogP contribution in [-0.2, 0) is 9.53 Å². The van der Waals surface area contributed by atoms with Crippen LogP contribution in [0.5, 0.6) is 0 Å². The Kier molecular flexibility index (Phi) is 8.08. The number of urea groups is 1.